The van der Waals surface area contributed by atoms with Crippen LogP contribution in [-0.2, 0) is 14.8 Å². The number of amides is 1. The summed E-state index contributed by atoms with van der Waals surface area (Å²) in [5.41, 5.74) is 1.00. The Hall–Kier alpha value is -2.20. The van der Waals surface area contributed by atoms with Gasteiger partial charge < -0.3 is 0 Å². The second-order valence-corrected chi connectivity index (χ2v) is 10.0. The minimum absolute atomic E-state index is 0.135. The second kappa shape index (κ2) is 9.30. The largest absolute Gasteiger partial charge is 0.299 e. The van der Waals surface area contributed by atoms with Gasteiger partial charge in [-0.25, -0.2) is 8.42 Å². The summed E-state index contributed by atoms with van der Waals surface area (Å²) in [6.07, 6.45) is 1.21. The van der Waals surface area contributed by atoms with Crippen LogP contribution in [0.5, 0.6) is 0 Å². The van der Waals surface area contributed by atoms with Crippen molar-refractivity contribution in [3.05, 3.63) is 58.6 Å². The molecule has 1 unspecified atom stereocenters. The predicted molar refractivity (Wildman–Crippen MR) is 122 cm³/mol. The SMILES string of the molecule is CCC(C(=O)Nc1nnc(-c2ccccc2)s1)N(c1cc(Cl)ccc1Cl)S(C)(=O)=O. The smallest absolute Gasteiger partial charge is 0.250 e. The Morgan fingerprint density at radius 1 is 1.17 bits per heavy atom. The maximum atomic E-state index is 13.0. The summed E-state index contributed by atoms with van der Waals surface area (Å²) in [5, 5.41) is 12.1. The van der Waals surface area contributed by atoms with E-state index in [1.807, 2.05) is 30.3 Å². The summed E-state index contributed by atoms with van der Waals surface area (Å²) in [6, 6.07) is 12.8. The number of aromatic nitrogens is 2. The van der Waals surface area contributed by atoms with E-state index in [2.05, 4.69) is 15.5 Å². The van der Waals surface area contributed by atoms with Crippen molar-refractivity contribution >= 4 is 61.3 Å². The van der Waals surface area contributed by atoms with Crippen LogP contribution in [0.1, 0.15) is 13.3 Å². The third kappa shape index (κ3) is 5.10. The molecule has 0 aliphatic carbocycles. The quantitative estimate of drug-likeness (QED) is 0.524. The molecule has 3 rings (SSSR count). The standard InChI is InChI=1S/C19H18Cl2N4O3S2/c1-3-15(25(30(2,27)28)16-11-13(20)9-10-14(16)21)17(26)22-19-24-23-18(29-19)12-7-5-4-6-8-12/h4-11,15H,3H2,1-2H3,(H,22,24,26). The van der Waals surface area contributed by atoms with Gasteiger partial charge in [-0.2, -0.15) is 0 Å². The van der Waals surface area contributed by atoms with E-state index in [1.165, 1.54) is 23.5 Å². The van der Waals surface area contributed by atoms with Crippen molar-refractivity contribution < 1.29 is 13.2 Å². The Labute approximate surface area is 188 Å². The lowest BCUT2D eigenvalue weighted by Gasteiger charge is -2.30. The van der Waals surface area contributed by atoms with Crippen LogP contribution in [0.4, 0.5) is 10.8 Å². The molecule has 1 N–H and O–H groups in total. The van der Waals surface area contributed by atoms with Gasteiger partial charge in [0.05, 0.1) is 17.0 Å². The van der Waals surface area contributed by atoms with Gasteiger partial charge in [-0.1, -0.05) is 71.8 Å². The zero-order valence-corrected chi connectivity index (χ0v) is 19.2. The number of halogens is 2. The zero-order chi connectivity index (χ0) is 21.9. The molecule has 0 bridgehead atoms. The highest BCUT2D eigenvalue weighted by Crippen LogP contribution is 2.33. The zero-order valence-electron chi connectivity index (χ0n) is 16.0. The number of carbonyl (C=O) groups is 1. The molecule has 7 nitrogen and oxygen atoms in total. The Morgan fingerprint density at radius 2 is 1.87 bits per heavy atom. The van der Waals surface area contributed by atoms with Crippen LogP contribution in [0.3, 0.4) is 0 Å². The van der Waals surface area contributed by atoms with E-state index >= 15 is 0 Å². The fourth-order valence-electron chi connectivity index (χ4n) is 2.85. The maximum absolute atomic E-state index is 13.0. The molecule has 0 aliphatic heterocycles. The van der Waals surface area contributed by atoms with Gasteiger partial charge in [0.1, 0.15) is 11.0 Å². The van der Waals surface area contributed by atoms with Crippen molar-refractivity contribution in [1.82, 2.24) is 10.2 Å². The van der Waals surface area contributed by atoms with Crippen LogP contribution in [0.15, 0.2) is 48.5 Å². The molecule has 1 aromatic heterocycles. The molecular weight excluding hydrogens is 467 g/mol. The van der Waals surface area contributed by atoms with Crippen molar-refractivity contribution in [3.63, 3.8) is 0 Å². The minimum Gasteiger partial charge on any atom is -0.299 e. The van der Waals surface area contributed by atoms with Gasteiger partial charge >= 0.3 is 0 Å². The Morgan fingerprint density at radius 3 is 2.50 bits per heavy atom. The first-order chi connectivity index (χ1) is 14.2. The Kier molecular flexibility index (Phi) is 6.97. The minimum atomic E-state index is -3.85. The fraction of sp³-hybridized carbons (Fsp3) is 0.211. The van der Waals surface area contributed by atoms with Crippen molar-refractivity contribution in [3.8, 4) is 10.6 Å². The lowest BCUT2D eigenvalue weighted by atomic mass is 10.2. The molecule has 158 valence electrons. The van der Waals surface area contributed by atoms with Gasteiger partial charge in [0.15, 0.2) is 0 Å². The molecule has 0 fully saturated rings. The number of nitrogens with zero attached hydrogens (tertiary/aromatic N) is 3. The lowest BCUT2D eigenvalue weighted by Crippen LogP contribution is -2.47. The Bertz CT molecular complexity index is 1150. The van der Waals surface area contributed by atoms with Crippen LogP contribution >= 0.6 is 34.5 Å². The number of benzene rings is 2. The van der Waals surface area contributed by atoms with Crippen LogP contribution in [-0.4, -0.2) is 36.8 Å². The molecule has 1 atom stereocenters. The highest BCUT2D eigenvalue weighted by molar-refractivity contribution is 7.92. The van der Waals surface area contributed by atoms with Gasteiger partial charge in [0.25, 0.3) is 0 Å². The Balaban J connectivity index is 1.90. The molecule has 2 aromatic carbocycles. The topological polar surface area (TPSA) is 92.3 Å². The van der Waals surface area contributed by atoms with E-state index in [1.54, 1.807) is 13.0 Å². The highest BCUT2D eigenvalue weighted by atomic mass is 35.5. The molecular formula is C19H18Cl2N4O3S2. The van der Waals surface area contributed by atoms with E-state index < -0.39 is 22.0 Å². The monoisotopic (exact) mass is 484 g/mol. The number of rotatable bonds is 7. The van der Waals surface area contributed by atoms with E-state index in [0.29, 0.717) is 10.0 Å². The molecule has 30 heavy (non-hydrogen) atoms. The van der Waals surface area contributed by atoms with Gasteiger partial charge in [0, 0.05) is 10.6 Å². The molecule has 1 amide bonds. The third-order valence-electron chi connectivity index (χ3n) is 4.15. The molecule has 0 saturated carbocycles. The second-order valence-electron chi connectivity index (χ2n) is 6.35. The number of hydrogen-bond donors (Lipinski definition) is 1. The van der Waals surface area contributed by atoms with Crippen molar-refractivity contribution in [1.29, 1.82) is 0 Å². The normalized spacial score (nSPS) is 12.4. The molecule has 0 saturated heterocycles. The van der Waals surface area contributed by atoms with Gasteiger partial charge in [-0.15, -0.1) is 10.2 Å². The number of carbonyl (C=O) groups excluding carboxylic acids is 1. The summed E-state index contributed by atoms with van der Waals surface area (Å²) in [4.78, 5) is 13.0. The number of nitrogens with one attached hydrogen (secondary N) is 1. The van der Waals surface area contributed by atoms with E-state index in [4.69, 9.17) is 23.2 Å². The third-order valence-corrected chi connectivity index (χ3v) is 6.76. The average molecular weight is 485 g/mol. The highest BCUT2D eigenvalue weighted by Gasteiger charge is 2.33. The summed E-state index contributed by atoms with van der Waals surface area (Å²) in [7, 11) is -3.85. The molecule has 1 heterocycles. The molecule has 0 radical (unpaired) electrons. The maximum Gasteiger partial charge on any atom is 0.250 e. The van der Waals surface area contributed by atoms with Crippen LogP contribution in [0, 0.1) is 0 Å². The van der Waals surface area contributed by atoms with E-state index in [9.17, 15) is 13.2 Å². The molecule has 11 heteroatoms. The summed E-state index contributed by atoms with van der Waals surface area (Å²) >= 11 is 13.4. The summed E-state index contributed by atoms with van der Waals surface area (Å²) in [6.45, 7) is 1.70. The van der Waals surface area contributed by atoms with Crippen molar-refractivity contribution in [2.24, 2.45) is 0 Å². The van der Waals surface area contributed by atoms with Crippen LogP contribution < -0.4 is 9.62 Å². The molecule has 0 aliphatic rings. The van der Waals surface area contributed by atoms with Gasteiger partial charge in [-0.05, 0) is 24.6 Å². The van der Waals surface area contributed by atoms with Crippen molar-refractivity contribution in [2.75, 3.05) is 15.9 Å². The molecule has 0 spiro atoms. The fourth-order valence-corrected chi connectivity index (χ4v) is 5.24. The van der Waals surface area contributed by atoms with Gasteiger partial charge in [-0.3, -0.25) is 14.4 Å². The predicted octanol–water partition coefficient (Wildman–Crippen LogP) is 4.70. The first-order valence-corrected chi connectivity index (χ1v) is 12.3. The van der Waals surface area contributed by atoms with Crippen LogP contribution in [0.25, 0.3) is 10.6 Å². The number of sulfonamides is 1. The lowest BCUT2D eigenvalue weighted by molar-refractivity contribution is -0.117. The van der Waals surface area contributed by atoms with Gasteiger partial charge in [0.2, 0.25) is 21.1 Å². The molecule has 3 aromatic rings. The van der Waals surface area contributed by atoms with Crippen molar-refractivity contribution in [2.45, 2.75) is 19.4 Å². The van der Waals surface area contributed by atoms with E-state index in [-0.39, 0.29) is 22.3 Å². The van der Waals surface area contributed by atoms with Crippen LogP contribution in [0.2, 0.25) is 10.0 Å². The van der Waals surface area contributed by atoms with E-state index in [0.717, 1.165) is 16.1 Å². The average Bonchev–Trinajstić information content (AvgIpc) is 3.16. The number of hydrogen-bond acceptors (Lipinski definition) is 6. The summed E-state index contributed by atoms with van der Waals surface area (Å²) in [5.74, 6) is -0.547. The first-order valence-electron chi connectivity index (χ1n) is 8.85. The first kappa shape index (κ1) is 22.5. The summed E-state index contributed by atoms with van der Waals surface area (Å²) < 4.78 is 26.1. The number of anilines is 2.